The Labute approximate surface area is 289 Å². The van der Waals surface area contributed by atoms with E-state index in [-0.39, 0.29) is 24.0 Å². The van der Waals surface area contributed by atoms with Crippen LogP contribution in [0.4, 0.5) is 22.4 Å². The summed E-state index contributed by atoms with van der Waals surface area (Å²) in [4.78, 5) is 38.8. The number of carbonyl (C=O) groups is 1. The van der Waals surface area contributed by atoms with Gasteiger partial charge < -0.3 is 24.3 Å². The fourth-order valence-electron chi connectivity index (χ4n) is 6.83. The van der Waals surface area contributed by atoms with Crippen LogP contribution in [-0.4, -0.2) is 55.5 Å². The van der Waals surface area contributed by atoms with E-state index in [1.807, 2.05) is 28.8 Å². The zero-order valence-electron chi connectivity index (χ0n) is 26.8. The van der Waals surface area contributed by atoms with Gasteiger partial charge in [-0.25, -0.2) is 9.18 Å². The summed E-state index contributed by atoms with van der Waals surface area (Å²) in [6, 6.07) is 18.5. The number of benzene rings is 3. The molecule has 14 heteroatoms. The third kappa shape index (κ3) is 6.93. The van der Waals surface area contributed by atoms with Gasteiger partial charge in [0.2, 0.25) is 6.23 Å². The molecule has 3 aromatic carbocycles. The molecule has 0 saturated carbocycles. The monoisotopic (exact) mass is 707 g/mol. The predicted molar refractivity (Wildman–Crippen MR) is 179 cm³/mol. The molecular weight excluding hydrogens is 674 g/mol. The molecular formula is C36H33F4N5O4S. The Morgan fingerprint density at radius 3 is 2.24 bits per heavy atom. The number of thioether (sulfide) groups is 1. The Hall–Kier alpha value is -4.85. The molecule has 1 atom stereocenters. The molecule has 7 rings (SSSR count). The third-order valence-corrected chi connectivity index (χ3v) is 10.5. The van der Waals surface area contributed by atoms with Crippen LogP contribution in [0.1, 0.15) is 53.4 Å². The Bertz CT molecular complexity index is 1960. The van der Waals surface area contributed by atoms with E-state index in [1.165, 1.54) is 40.9 Å². The van der Waals surface area contributed by atoms with Crippen LogP contribution >= 0.6 is 11.8 Å². The average Bonchev–Trinajstić information content (AvgIpc) is 3.78. The van der Waals surface area contributed by atoms with Crippen molar-refractivity contribution in [3.05, 3.63) is 117 Å². The van der Waals surface area contributed by atoms with Gasteiger partial charge in [0.05, 0.1) is 12.1 Å². The molecule has 1 fully saturated rings. The van der Waals surface area contributed by atoms with Crippen LogP contribution in [0, 0.1) is 5.82 Å². The van der Waals surface area contributed by atoms with Gasteiger partial charge >= 0.3 is 12.3 Å². The van der Waals surface area contributed by atoms with Gasteiger partial charge in [-0.15, -0.1) is 0 Å². The molecule has 4 aromatic rings. The number of halogens is 4. The summed E-state index contributed by atoms with van der Waals surface area (Å²) in [5.74, 6) is 0.752. The number of amidine groups is 1. The maximum atomic E-state index is 13.5. The molecule has 0 spiro atoms. The van der Waals surface area contributed by atoms with Crippen molar-refractivity contribution in [2.24, 2.45) is 5.16 Å². The van der Waals surface area contributed by atoms with E-state index in [0.717, 1.165) is 40.9 Å². The predicted octanol–water partition coefficient (Wildman–Crippen LogP) is 7.34. The smallest absolute Gasteiger partial charge is 0.416 e. The fourth-order valence-corrected chi connectivity index (χ4v) is 7.80. The summed E-state index contributed by atoms with van der Waals surface area (Å²) >= 11 is 1.39. The lowest BCUT2D eigenvalue weighted by Gasteiger charge is -2.39. The lowest BCUT2D eigenvalue weighted by molar-refractivity contribution is -0.137. The second-order valence-corrected chi connectivity index (χ2v) is 13.5. The molecule has 50 heavy (non-hydrogen) atoms. The van der Waals surface area contributed by atoms with Crippen molar-refractivity contribution >= 4 is 23.7 Å². The highest BCUT2D eigenvalue weighted by atomic mass is 32.2. The van der Waals surface area contributed by atoms with Crippen LogP contribution in [0.15, 0.2) is 87.9 Å². The van der Waals surface area contributed by atoms with Gasteiger partial charge in [-0.2, -0.15) is 18.2 Å². The van der Waals surface area contributed by atoms with E-state index in [4.69, 9.17) is 4.84 Å². The van der Waals surface area contributed by atoms with Crippen LogP contribution in [0.5, 0.6) is 0 Å². The van der Waals surface area contributed by atoms with Crippen LogP contribution in [0.3, 0.4) is 0 Å². The molecule has 1 unspecified atom stereocenters. The quantitative estimate of drug-likeness (QED) is 0.116. The minimum atomic E-state index is -4.42. The molecule has 0 bridgehead atoms. The van der Waals surface area contributed by atoms with Crippen LogP contribution in [-0.2, 0) is 36.2 Å². The Morgan fingerprint density at radius 2 is 1.60 bits per heavy atom. The Balaban J connectivity index is 1.18. The van der Waals surface area contributed by atoms with Crippen LogP contribution < -0.4 is 5.56 Å². The highest BCUT2D eigenvalue weighted by Gasteiger charge is 2.40. The Kier molecular flexibility index (Phi) is 9.29. The van der Waals surface area contributed by atoms with E-state index in [9.17, 15) is 32.3 Å². The van der Waals surface area contributed by atoms with E-state index in [0.29, 0.717) is 66.6 Å². The van der Waals surface area contributed by atoms with Crippen LogP contribution in [0.2, 0.25) is 0 Å². The fraction of sp³-hybridized carbons (Fsp3) is 0.333. The van der Waals surface area contributed by atoms with Crippen molar-refractivity contribution in [2.45, 2.75) is 68.0 Å². The Morgan fingerprint density at radius 1 is 0.940 bits per heavy atom. The summed E-state index contributed by atoms with van der Waals surface area (Å²) in [5.41, 5.74) is 3.65. The SMILES string of the molecule is O=C(O)N1CCC(N2C(Cn3c(SCc4ccc(F)cc4)nc(=O)c4c3CCC4)=NOC2c2ccc(-c3ccc(C(F)(F)F)cc3)cc2)CC1. The first-order valence-corrected chi connectivity index (χ1v) is 17.3. The summed E-state index contributed by atoms with van der Waals surface area (Å²) in [6.45, 7) is 0.953. The lowest BCUT2D eigenvalue weighted by atomic mass is 9.99. The second-order valence-electron chi connectivity index (χ2n) is 12.6. The van der Waals surface area contributed by atoms with Gasteiger partial charge in [0, 0.05) is 41.7 Å². The van der Waals surface area contributed by atoms with E-state index < -0.39 is 24.1 Å². The number of piperidine rings is 1. The van der Waals surface area contributed by atoms with Gasteiger partial charge in [-0.05, 0) is 73.1 Å². The highest BCUT2D eigenvalue weighted by Crippen LogP contribution is 2.37. The first-order valence-electron chi connectivity index (χ1n) is 16.3. The molecule has 1 amide bonds. The van der Waals surface area contributed by atoms with Crippen molar-refractivity contribution in [1.82, 2.24) is 19.4 Å². The van der Waals surface area contributed by atoms with Crippen molar-refractivity contribution in [3.8, 4) is 11.1 Å². The maximum absolute atomic E-state index is 13.5. The second kappa shape index (κ2) is 13.8. The molecule has 3 heterocycles. The highest BCUT2D eigenvalue weighted by molar-refractivity contribution is 7.98. The number of oxime groups is 1. The number of alkyl halides is 3. The van der Waals surface area contributed by atoms with E-state index in [1.54, 1.807) is 12.1 Å². The number of amides is 1. The molecule has 260 valence electrons. The number of fused-ring (bicyclic) bond motifs is 1. The average molecular weight is 708 g/mol. The minimum Gasteiger partial charge on any atom is -0.465 e. The molecule has 1 N–H and O–H groups in total. The van der Waals surface area contributed by atoms with E-state index >= 15 is 0 Å². The molecule has 3 aliphatic rings. The summed E-state index contributed by atoms with van der Waals surface area (Å²) in [7, 11) is 0. The zero-order chi connectivity index (χ0) is 35.0. The normalized spacial score (nSPS) is 17.8. The summed E-state index contributed by atoms with van der Waals surface area (Å²) < 4.78 is 54.9. The largest absolute Gasteiger partial charge is 0.465 e. The number of nitrogens with zero attached hydrogens (tertiary/aromatic N) is 5. The summed E-state index contributed by atoms with van der Waals surface area (Å²) in [5, 5.41) is 14.7. The maximum Gasteiger partial charge on any atom is 0.416 e. The summed E-state index contributed by atoms with van der Waals surface area (Å²) in [6.07, 6.45) is -2.77. The number of carboxylic acid groups (broad SMARTS) is 1. The third-order valence-electron chi connectivity index (χ3n) is 9.46. The molecule has 1 aliphatic carbocycles. The number of hydrogen-bond acceptors (Lipinski definition) is 7. The number of aromatic nitrogens is 2. The first-order chi connectivity index (χ1) is 24.0. The zero-order valence-corrected chi connectivity index (χ0v) is 27.6. The number of likely N-dealkylation sites (tertiary alicyclic amines) is 1. The van der Waals surface area contributed by atoms with Crippen molar-refractivity contribution in [1.29, 1.82) is 0 Å². The van der Waals surface area contributed by atoms with Gasteiger partial charge in [0.25, 0.3) is 5.56 Å². The molecule has 1 aromatic heterocycles. The molecule has 9 nitrogen and oxygen atoms in total. The standard InChI is InChI=1S/C36H33F4N5O4S/c37-27-14-4-22(5-15-27)21-50-34-41-32(46)29-2-1-3-30(29)44(34)20-31-42-49-33(45(31)28-16-18-43(19-17-28)35(47)48)25-8-6-23(7-9-25)24-10-12-26(13-11-24)36(38,39)40/h4-15,28,33H,1-3,16-21H2,(H,47,48). The van der Waals surface area contributed by atoms with Gasteiger partial charge in [0.1, 0.15) is 5.82 Å². The molecule has 2 aliphatic heterocycles. The topological polar surface area (TPSA) is 100 Å². The molecule has 0 radical (unpaired) electrons. The van der Waals surface area contributed by atoms with E-state index in [2.05, 4.69) is 15.0 Å². The van der Waals surface area contributed by atoms with Gasteiger partial charge in [-0.3, -0.25) is 4.79 Å². The van der Waals surface area contributed by atoms with Gasteiger partial charge in [-0.1, -0.05) is 65.4 Å². The number of rotatable bonds is 8. The lowest BCUT2D eigenvalue weighted by Crippen LogP contribution is -2.49. The van der Waals surface area contributed by atoms with Crippen molar-refractivity contribution in [3.63, 3.8) is 0 Å². The number of hydrogen-bond donors (Lipinski definition) is 1. The first kappa shape index (κ1) is 33.6. The van der Waals surface area contributed by atoms with Crippen LogP contribution in [0.25, 0.3) is 11.1 Å². The van der Waals surface area contributed by atoms with Gasteiger partial charge in [0.15, 0.2) is 11.0 Å². The minimum absolute atomic E-state index is 0.109. The molecule has 1 saturated heterocycles. The van der Waals surface area contributed by atoms with Crippen molar-refractivity contribution < 1.29 is 32.3 Å². The van der Waals surface area contributed by atoms with Crippen molar-refractivity contribution in [2.75, 3.05) is 13.1 Å².